The van der Waals surface area contributed by atoms with E-state index in [1.807, 2.05) is 0 Å². The molecule has 1 aromatic heterocycles. The number of hydrogen-bond acceptors (Lipinski definition) is 3. The number of aliphatic carboxylic acids is 1. The average Bonchev–Trinajstić information content (AvgIpc) is 2.95. The lowest BCUT2D eigenvalue weighted by molar-refractivity contribution is -0.227. The van der Waals surface area contributed by atoms with Gasteiger partial charge >= 0.3 is 12.1 Å². The lowest BCUT2D eigenvalue weighted by Crippen LogP contribution is -2.47. The molecule has 0 aliphatic carbocycles. The Bertz CT molecular complexity index is 574. The number of halogens is 4. The summed E-state index contributed by atoms with van der Waals surface area (Å²) in [7, 11) is 0. The van der Waals surface area contributed by atoms with E-state index in [2.05, 4.69) is 15.9 Å². The van der Waals surface area contributed by atoms with Gasteiger partial charge in [0.25, 0.3) is 0 Å². The normalized spacial score (nSPS) is 22.6. The predicted molar refractivity (Wildman–Crippen MR) is 73.0 cm³/mol. The Hall–Kier alpha value is -1.09. The summed E-state index contributed by atoms with van der Waals surface area (Å²) in [5.41, 5.74) is -2.85. The molecule has 1 unspecified atom stereocenters. The first-order valence-corrected chi connectivity index (χ1v) is 7.59. The van der Waals surface area contributed by atoms with Crippen LogP contribution in [0.4, 0.5) is 13.2 Å². The smallest absolute Gasteiger partial charge is 0.406 e. The Labute approximate surface area is 130 Å². The van der Waals surface area contributed by atoms with Gasteiger partial charge in [-0.3, -0.25) is 9.59 Å². The van der Waals surface area contributed by atoms with Crippen LogP contribution in [0.15, 0.2) is 15.9 Å². The number of carboxylic acids is 1. The summed E-state index contributed by atoms with van der Waals surface area (Å²) in [6.45, 7) is -1.02. The standard InChI is InChI=1S/C12H11BrF3NO3S/c13-8-2-1-7(21-8)5-9(18)17-4-3-11(6-17,10(19)20)12(14,15)16/h1-2H,3-6H2,(H,19,20). The highest BCUT2D eigenvalue weighted by Gasteiger charge is 2.64. The lowest BCUT2D eigenvalue weighted by Gasteiger charge is -2.27. The Kier molecular flexibility index (Phi) is 4.34. The Balaban J connectivity index is 2.10. The fraction of sp³-hybridized carbons (Fsp3) is 0.500. The molecule has 4 nitrogen and oxygen atoms in total. The maximum absolute atomic E-state index is 13.0. The minimum Gasteiger partial charge on any atom is -0.481 e. The molecular formula is C12H11BrF3NO3S. The number of thiophene rings is 1. The number of rotatable bonds is 3. The molecule has 9 heteroatoms. The fourth-order valence-corrected chi connectivity index (χ4v) is 3.73. The quantitative estimate of drug-likeness (QED) is 0.869. The van der Waals surface area contributed by atoms with E-state index in [9.17, 15) is 22.8 Å². The molecule has 1 atom stereocenters. The summed E-state index contributed by atoms with van der Waals surface area (Å²) in [5, 5.41) is 8.93. The first-order valence-electron chi connectivity index (χ1n) is 5.98. The highest BCUT2D eigenvalue weighted by Crippen LogP contribution is 2.45. The Morgan fingerprint density at radius 1 is 1.43 bits per heavy atom. The molecule has 21 heavy (non-hydrogen) atoms. The third kappa shape index (κ3) is 3.08. The van der Waals surface area contributed by atoms with Crippen molar-refractivity contribution in [3.05, 3.63) is 20.8 Å². The molecule has 1 fully saturated rings. The second-order valence-electron chi connectivity index (χ2n) is 4.83. The number of carbonyl (C=O) groups excluding carboxylic acids is 1. The zero-order chi connectivity index (χ0) is 15.8. The van der Waals surface area contributed by atoms with Crippen molar-refractivity contribution in [1.29, 1.82) is 0 Å². The van der Waals surface area contributed by atoms with E-state index in [-0.39, 0.29) is 13.0 Å². The maximum atomic E-state index is 13.0. The van der Waals surface area contributed by atoms with Crippen molar-refractivity contribution in [3.63, 3.8) is 0 Å². The molecule has 2 heterocycles. The number of likely N-dealkylation sites (tertiary alicyclic amines) is 1. The molecule has 0 radical (unpaired) electrons. The zero-order valence-electron chi connectivity index (χ0n) is 10.6. The van der Waals surface area contributed by atoms with E-state index >= 15 is 0 Å². The van der Waals surface area contributed by atoms with Gasteiger partial charge in [-0.15, -0.1) is 11.3 Å². The van der Waals surface area contributed by atoms with Gasteiger partial charge < -0.3 is 10.0 Å². The number of alkyl halides is 3. The molecule has 0 spiro atoms. The van der Waals surface area contributed by atoms with Crippen LogP contribution in [0.3, 0.4) is 0 Å². The minimum atomic E-state index is -4.88. The SMILES string of the molecule is O=C(Cc1ccc(Br)s1)N1CCC(C(=O)O)(C(F)(F)F)C1. The van der Waals surface area contributed by atoms with Gasteiger partial charge in [0, 0.05) is 18.0 Å². The largest absolute Gasteiger partial charge is 0.481 e. The molecule has 0 saturated carbocycles. The van der Waals surface area contributed by atoms with Crippen LogP contribution in [0, 0.1) is 5.41 Å². The van der Waals surface area contributed by atoms with Gasteiger partial charge in [0.05, 0.1) is 10.2 Å². The van der Waals surface area contributed by atoms with E-state index in [0.717, 1.165) is 8.69 Å². The third-order valence-electron chi connectivity index (χ3n) is 3.53. The van der Waals surface area contributed by atoms with Crippen molar-refractivity contribution in [3.8, 4) is 0 Å². The van der Waals surface area contributed by atoms with Gasteiger partial charge in [-0.1, -0.05) is 0 Å². The van der Waals surface area contributed by atoms with Gasteiger partial charge in [-0.05, 0) is 34.5 Å². The average molecular weight is 386 g/mol. The lowest BCUT2D eigenvalue weighted by atomic mass is 9.86. The molecule has 1 saturated heterocycles. The summed E-state index contributed by atoms with van der Waals surface area (Å²) in [5.74, 6) is -2.42. The number of hydrogen-bond donors (Lipinski definition) is 1. The number of nitrogens with zero attached hydrogens (tertiary/aromatic N) is 1. The van der Waals surface area contributed by atoms with E-state index < -0.39 is 36.4 Å². The molecule has 1 N–H and O–H groups in total. The predicted octanol–water partition coefficient (Wildman–Crippen LogP) is 2.92. The van der Waals surface area contributed by atoms with Crippen LogP contribution in [-0.4, -0.2) is 41.1 Å². The van der Waals surface area contributed by atoms with Crippen LogP contribution in [-0.2, 0) is 16.0 Å². The van der Waals surface area contributed by atoms with Crippen molar-refractivity contribution in [2.24, 2.45) is 5.41 Å². The monoisotopic (exact) mass is 385 g/mol. The Morgan fingerprint density at radius 3 is 2.52 bits per heavy atom. The van der Waals surface area contributed by atoms with Crippen molar-refractivity contribution < 1.29 is 27.9 Å². The molecule has 2 rings (SSSR count). The molecule has 116 valence electrons. The summed E-state index contributed by atoms with van der Waals surface area (Å²) >= 11 is 4.55. The second kappa shape index (κ2) is 5.60. The number of amides is 1. The maximum Gasteiger partial charge on any atom is 0.406 e. The fourth-order valence-electron chi connectivity index (χ4n) is 2.26. The van der Waals surface area contributed by atoms with Gasteiger partial charge in [0.2, 0.25) is 5.91 Å². The molecule has 1 aliphatic heterocycles. The van der Waals surface area contributed by atoms with Crippen LogP contribution in [0.5, 0.6) is 0 Å². The zero-order valence-corrected chi connectivity index (χ0v) is 13.0. The highest BCUT2D eigenvalue weighted by atomic mass is 79.9. The molecule has 1 aromatic rings. The third-order valence-corrected chi connectivity index (χ3v) is 5.15. The first-order chi connectivity index (χ1) is 9.65. The van der Waals surface area contributed by atoms with E-state index in [1.165, 1.54) is 11.3 Å². The van der Waals surface area contributed by atoms with Crippen LogP contribution >= 0.6 is 27.3 Å². The summed E-state index contributed by atoms with van der Waals surface area (Å²) in [6.07, 6.45) is -5.50. The number of carbonyl (C=O) groups is 2. The van der Waals surface area contributed by atoms with Crippen LogP contribution in [0.25, 0.3) is 0 Å². The summed E-state index contributed by atoms with van der Waals surface area (Å²) in [6, 6.07) is 3.45. The summed E-state index contributed by atoms with van der Waals surface area (Å²) in [4.78, 5) is 24.8. The van der Waals surface area contributed by atoms with Gasteiger partial charge in [-0.2, -0.15) is 13.2 Å². The highest BCUT2D eigenvalue weighted by molar-refractivity contribution is 9.11. The molecular weight excluding hydrogens is 375 g/mol. The van der Waals surface area contributed by atoms with Crippen molar-refractivity contribution in [2.75, 3.05) is 13.1 Å². The molecule has 0 bridgehead atoms. The molecule has 1 aliphatic rings. The first kappa shape index (κ1) is 16.3. The van der Waals surface area contributed by atoms with Crippen molar-refractivity contribution in [1.82, 2.24) is 4.90 Å². The van der Waals surface area contributed by atoms with Crippen LogP contribution in [0.2, 0.25) is 0 Å². The topological polar surface area (TPSA) is 57.6 Å². The van der Waals surface area contributed by atoms with Gasteiger partial charge in [0.1, 0.15) is 0 Å². The van der Waals surface area contributed by atoms with E-state index in [0.29, 0.717) is 4.88 Å². The molecule has 0 aromatic carbocycles. The summed E-state index contributed by atoms with van der Waals surface area (Å²) < 4.78 is 39.9. The van der Waals surface area contributed by atoms with Crippen molar-refractivity contribution >= 4 is 39.1 Å². The Morgan fingerprint density at radius 2 is 2.10 bits per heavy atom. The molecule has 1 amide bonds. The van der Waals surface area contributed by atoms with Crippen LogP contribution in [0.1, 0.15) is 11.3 Å². The van der Waals surface area contributed by atoms with Crippen molar-refractivity contribution in [2.45, 2.75) is 19.0 Å². The minimum absolute atomic E-state index is 0.0240. The van der Waals surface area contributed by atoms with E-state index in [1.54, 1.807) is 12.1 Å². The van der Waals surface area contributed by atoms with Gasteiger partial charge in [-0.25, -0.2) is 0 Å². The second-order valence-corrected chi connectivity index (χ2v) is 7.38. The van der Waals surface area contributed by atoms with Crippen LogP contribution < -0.4 is 0 Å². The van der Waals surface area contributed by atoms with Gasteiger partial charge in [0.15, 0.2) is 5.41 Å². The number of carboxylic acid groups (broad SMARTS) is 1. The van der Waals surface area contributed by atoms with E-state index in [4.69, 9.17) is 5.11 Å².